The van der Waals surface area contributed by atoms with Gasteiger partial charge in [0.25, 0.3) is 5.69 Å². The van der Waals surface area contributed by atoms with Crippen molar-refractivity contribution in [2.45, 2.75) is 6.42 Å². The molecule has 0 aliphatic heterocycles. The van der Waals surface area contributed by atoms with Gasteiger partial charge in [-0.25, -0.2) is 0 Å². The first-order valence-corrected chi connectivity index (χ1v) is 8.25. The van der Waals surface area contributed by atoms with Crippen LogP contribution in [0.1, 0.15) is 11.3 Å². The Hall–Kier alpha value is -1.61. The Labute approximate surface area is 166 Å². The van der Waals surface area contributed by atoms with Gasteiger partial charge in [-0.05, 0) is 29.9 Å². The number of nitro benzene ring substituents is 1. The number of aryl methyl sites for hydroxylation is 1. The first-order chi connectivity index (χ1) is 11.2. The topological polar surface area (TPSA) is 91.5 Å². The molecule has 0 aliphatic carbocycles. The van der Waals surface area contributed by atoms with Gasteiger partial charge >= 0.3 is 16.8 Å². The van der Waals surface area contributed by atoms with Crippen molar-refractivity contribution in [1.29, 1.82) is 0 Å². The Kier molecular flexibility index (Phi) is 11.9. The van der Waals surface area contributed by atoms with E-state index >= 15 is 0 Å². The van der Waals surface area contributed by atoms with E-state index in [0.717, 1.165) is 23.6 Å². The van der Waals surface area contributed by atoms with Crippen molar-refractivity contribution < 1.29 is 39.2 Å². The number of pyridine rings is 1. The molecular weight excluding hydrogens is 409 g/mol. The number of halogens is 1. The van der Waals surface area contributed by atoms with Gasteiger partial charge in [-0.1, -0.05) is 17.9 Å². The summed E-state index contributed by atoms with van der Waals surface area (Å²) in [6, 6.07) is 9.51. The SMILES string of the molecule is O=[N+]([O-])c1ccc([O-])c(C=NCCSCCc2ccccn2)c1.[Cl-].[Co+2]. The second-order valence-corrected chi connectivity index (χ2v) is 5.92. The average Bonchev–Trinajstić information content (AvgIpc) is 2.56. The van der Waals surface area contributed by atoms with Crippen LogP contribution in [0.15, 0.2) is 47.6 Å². The fraction of sp³-hybridized carbons (Fsp3) is 0.250. The van der Waals surface area contributed by atoms with Gasteiger partial charge in [-0.3, -0.25) is 20.1 Å². The minimum absolute atomic E-state index is 0. The molecule has 0 atom stereocenters. The maximum atomic E-state index is 11.6. The third kappa shape index (κ3) is 8.35. The number of hydrogen-bond donors (Lipinski definition) is 0. The van der Waals surface area contributed by atoms with E-state index < -0.39 is 4.92 Å². The van der Waals surface area contributed by atoms with Gasteiger partial charge in [0.05, 0.1) is 4.92 Å². The number of aromatic nitrogens is 1. The largest absolute Gasteiger partial charge is 2.00 e. The second-order valence-electron chi connectivity index (χ2n) is 4.70. The third-order valence-corrected chi connectivity index (χ3v) is 3.99. The van der Waals surface area contributed by atoms with Crippen molar-refractivity contribution in [2.24, 2.45) is 4.99 Å². The van der Waals surface area contributed by atoms with E-state index in [2.05, 4.69) is 9.98 Å². The smallest absolute Gasteiger partial charge is 1.00 e. The fourth-order valence-corrected chi connectivity index (χ4v) is 2.65. The van der Waals surface area contributed by atoms with E-state index in [1.165, 1.54) is 24.4 Å². The molecule has 2 aromatic rings. The van der Waals surface area contributed by atoms with Crippen molar-refractivity contribution in [3.63, 3.8) is 0 Å². The van der Waals surface area contributed by atoms with Crippen molar-refractivity contribution >= 4 is 23.7 Å². The van der Waals surface area contributed by atoms with Crippen LogP contribution < -0.4 is 17.5 Å². The van der Waals surface area contributed by atoms with Crippen LogP contribution in [0.4, 0.5) is 5.69 Å². The van der Waals surface area contributed by atoms with Gasteiger partial charge in [0.15, 0.2) is 0 Å². The Morgan fingerprint density at radius 2 is 2.04 bits per heavy atom. The van der Waals surface area contributed by atoms with Crippen LogP contribution in [0.5, 0.6) is 5.75 Å². The number of nitrogens with zero attached hydrogens (tertiary/aromatic N) is 3. The van der Waals surface area contributed by atoms with Crippen LogP contribution in [0.25, 0.3) is 0 Å². The number of non-ortho nitro benzene ring substituents is 1. The molecule has 6 nitrogen and oxygen atoms in total. The van der Waals surface area contributed by atoms with Crippen LogP contribution in [0.2, 0.25) is 0 Å². The maximum absolute atomic E-state index is 11.6. The molecule has 9 heteroatoms. The average molecular weight is 425 g/mol. The molecule has 2 rings (SSSR count). The molecule has 0 unspecified atom stereocenters. The zero-order valence-corrected chi connectivity index (χ0v) is 15.7. The van der Waals surface area contributed by atoms with E-state index in [9.17, 15) is 15.2 Å². The van der Waals surface area contributed by atoms with Crippen LogP contribution >= 0.6 is 11.8 Å². The van der Waals surface area contributed by atoms with E-state index in [4.69, 9.17) is 0 Å². The van der Waals surface area contributed by atoms with Gasteiger partial charge in [0.1, 0.15) is 0 Å². The van der Waals surface area contributed by atoms with E-state index in [0.29, 0.717) is 6.54 Å². The summed E-state index contributed by atoms with van der Waals surface area (Å²) in [6.45, 7) is 0.565. The molecule has 0 saturated heterocycles. The molecule has 135 valence electrons. The minimum Gasteiger partial charge on any atom is -1.00 e. The molecule has 1 aromatic heterocycles. The number of thioether (sulfide) groups is 1. The summed E-state index contributed by atoms with van der Waals surface area (Å²) < 4.78 is 0. The predicted molar refractivity (Wildman–Crippen MR) is 90.3 cm³/mol. The van der Waals surface area contributed by atoms with E-state index in [1.54, 1.807) is 18.0 Å². The molecule has 0 fully saturated rings. The van der Waals surface area contributed by atoms with Gasteiger partial charge in [-0.15, -0.1) is 0 Å². The molecule has 0 bridgehead atoms. The molecule has 1 heterocycles. The van der Waals surface area contributed by atoms with Crippen molar-refractivity contribution in [3.05, 3.63) is 64.0 Å². The molecule has 1 aromatic carbocycles. The Morgan fingerprint density at radius 3 is 2.72 bits per heavy atom. The summed E-state index contributed by atoms with van der Waals surface area (Å²) in [5.41, 5.74) is 1.21. The van der Waals surface area contributed by atoms with Gasteiger partial charge in [-0.2, -0.15) is 11.8 Å². The summed E-state index contributed by atoms with van der Waals surface area (Å²) in [4.78, 5) is 18.6. The van der Waals surface area contributed by atoms with Crippen LogP contribution in [0.3, 0.4) is 0 Å². The summed E-state index contributed by atoms with van der Waals surface area (Å²) in [5, 5.41) is 22.3. The zero-order valence-electron chi connectivity index (χ0n) is 13.1. The summed E-state index contributed by atoms with van der Waals surface area (Å²) in [6.07, 6.45) is 4.10. The normalized spacial score (nSPS) is 10.1. The van der Waals surface area contributed by atoms with Gasteiger partial charge in [0.2, 0.25) is 0 Å². The zero-order chi connectivity index (χ0) is 16.5. The Balaban J connectivity index is 0.00000288. The molecular formula is C16H16ClCoN3O3S. The molecule has 1 radical (unpaired) electrons. The Morgan fingerprint density at radius 1 is 1.24 bits per heavy atom. The number of nitro groups is 1. The number of hydrogen-bond acceptors (Lipinski definition) is 6. The molecule has 0 spiro atoms. The second kappa shape index (κ2) is 12.7. The standard InChI is InChI=1S/C16H17N3O3S.ClH.Co/c20-16-5-4-15(19(21)22)11-13(16)12-17-8-10-23-9-6-14-3-1-2-7-18-14;;/h1-5,7,11-12,20H,6,8-10H2;1H;/q;;+2/p-2. The first kappa shape index (κ1) is 23.4. The first-order valence-electron chi connectivity index (χ1n) is 7.10. The van der Waals surface area contributed by atoms with Crippen LogP contribution in [-0.4, -0.2) is 34.2 Å². The van der Waals surface area contributed by atoms with Crippen LogP contribution in [0, 0.1) is 10.1 Å². The van der Waals surface area contributed by atoms with Gasteiger partial charge in [0, 0.05) is 42.5 Å². The van der Waals surface area contributed by atoms with E-state index in [1.807, 2.05) is 18.2 Å². The molecule has 0 N–H and O–H groups in total. The fourth-order valence-electron chi connectivity index (χ4n) is 1.86. The third-order valence-electron chi connectivity index (χ3n) is 3.03. The molecule has 0 amide bonds. The van der Waals surface area contributed by atoms with Crippen LogP contribution in [-0.2, 0) is 23.2 Å². The number of rotatable bonds is 8. The minimum atomic E-state index is -0.524. The summed E-state index contributed by atoms with van der Waals surface area (Å²) >= 11 is 1.76. The monoisotopic (exact) mass is 424 g/mol. The number of benzene rings is 1. The quantitative estimate of drug-likeness (QED) is 0.246. The maximum Gasteiger partial charge on any atom is 2.00 e. The van der Waals surface area contributed by atoms with Crippen molar-refractivity contribution in [3.8, 4) is 5.75 Å². The molecule has 0 aliphatic rings. The van der Waals surface area contributed by atoms with Crippen molar-refractivity contribution in [2.75, 3.05) is 18.1 Å². The molecule has 0 saturated carbocycles. The van der Waals surface area contributed by atoms with Gasteiger partial charge < -0.3 is 17.5 Å². The summed E-state index contributed by atoms with van der Waals surface area (Å²) in [5.74, 6) is 1.52. The Bertz CT molecular complexity index is 690. The van der Waals surface area contributed by atoms with Crippen molar-refractivity contribution in [1.82, 2.24) is 4.98 Å². The summed E-state index contributed by atoms with van der Waals surface area (Å²) in [7, 11) is 0. The number of aliphatic imine (C=N–C) groups is 1. The predicted octanol–water partition coefficient (Wildman–Crippen LogP) is -0.540. The molecule has 25 heavy (non-hydrogen) atoms. The van der Waals surface area contributed by atoms with E-state index in [-0.39, 0.29) is 46.2 Å².